The highest BCUT2D eigenvalue weighted by Gasteiger charge is 2.23. The molecule has 1 atom stereocenters. The van der Waals surface area contributed by atoms with Gasteiger partial charge in [0.25, 0.3) is 11.8 Å². The van der Waals surface area contributed by atoms with Crippen molar-refractivity contribution < 1.29 is 27.2 Å². The first-order valence-electron chi connectivity index (χ1n) is 8.32. The lowest BCUT2D eigenvalue weighted by Crippen LogP contribution is -2.51. The monoisotopic (exact) mass is 407 g/mol. The van der Waals surface area contributed by atoms with Crippen molar-refractivity contribution in [1.82, 2.24) is 15.6 Å². The van der Waals surface area contributed by atoms with Gasteiger partial charge < -0.3 is 4.42 Å². The average Bonchev–Trinajstić information content (AvgIpc) is 2.97. The van der Waals surface area contributed by atoms with Gasteiger partial charge in [0.15, 0.2) is 5.78 Å². The summed E-state index contributed by atoms with van der Waals surface area (Å²) in [6, 6.07) is 5.68. The van der Waals surface area contributed by atoms with E-state index in [0.717, 1.165) is 0 Å². The molecule has 9 nitrogen and oxygen atoms in total. The van der Waals surface area contributed by atoms with Crippen LogP contribution in [0.3, 0.4) is 0 Å². The Hall–Kier alpha value is -2.98. The van der Waals surface area contributed by atoms with Crippen LogP contribution in [0.5, 0.6) is 0 Å². The lowest BCUT2D eigenvalue weighted by molar-refractivity contribution is -0.123. The molecule has 28 heavy (non-hydrogen) atoms. The van der Waals surface area contributed by atoms with Crippen LogP contribution in [0.1, 0.15) is 46.1 Å². The van der Waals surface area contributed by atoms with Crippen LogP contribution in [0.2, 0.25) is 0 Å². The second-order valence-corrected chi connectivity index (χ2v) is 7.91. The lowest BCUT2D eigenvalue weighted by Gasteiger charge is -2.15. The SMILES string of the molecule is CC(=O)c1ccc(S(=O)(=O)N[C@@H](C)C(=O)NNC(=O)c2cc(C)oc2C)cc1. The van der Waals surface area contributed by atoms with E-state index in [4.69, 9.17) is 4.42 Å². The summed E-state index contributed by atoms with van der Waals surface area (Å²) in [6.07, 6.45) is 0. The smallest absolute Gasteiger partial charge is 0.273 e. The quantitative estimate of drug-likeness (QED) is 0.487. The van der Waals surface area contributed by atoms with Crippen LogP contribution in [-0.2, 0) is 14.8 Å². The summed E-state index contributed by atoms with van der Waals surface area (Å²) >= 11 is 0. The molecule has 2 amide bonds. The van der Waals surface area contributed by atoms with Gasteiger partial charge in [-0.3, -0.25) is 25.2 Å². The minimum Gasteiger partial charge on any atom is -0.466 e. The van der Waals surface area contributed by atoms with Crippen molar-refractivity contribution in [2.45, 2.75) is 38.6 Å². The van der Waals surface area contributed by atoms with E-state index < -0.39 is 27.9 Å². The fraction of sp³-hybridized carbons (Fsp3) is 0.278. The molecular formula is C18H21N3O6S. The van der Waals surface area contributed by atoms with Crippen molar-refractivity contribution in [1.29, 1.82) is 0 Å². The average molecular weight is 407 g/mol. The maximum absolute atomic E-state index is 12.4. The maximum atomic E-state index is 12.4. The second kappa shape index (κ2) is 8.36. The maximum Gasteiger partial charge on any atom is 0.273 e. The molecule has 150 valence electrons. The molecule has 0 fully saturated rings. The van der Waals surface area contributed by atoms with E-state index >= 15 is 0 Å². The largest absolute Gasteiger partial charge is 0.466 e. The third-order valence-electron chi connectivity index (χ3n) is 3.88. The van der Waals surface area contributed by atoms with Gasteiger partial charge in [-0.25, -0.2) is 8.42 Å². The van der Waals surface area contributed by atoms with Gasteiger partial charge >= 0.3 is 0 Å². The lowest BCUT2D eigenvalue weighted by atomic mass is 10.2. The minimum atomic E-state index is -3.99. The number of benzene rings is 1. The fourth-order valence-corrected chi connectivity index (χ4v) is 3.58. The summed E-state index contributed by atoms with van der Waals surface area (Å²) in [7, 11) is -3.99. The molecule has 1 aromatic carbocycles. The minimum absolute atomic E-state index is 0.0920. The fourth-order valence-electron chi connectivity index (χ4n) is 2.37. The number of hydrogen-bond acceptors (Lipinski definition) is 6. The van der Waals surface area contributed by atoms with Crippen molar-refractivity contribution >= 4 is 27.6 Å². The summed E-state index contributed by atoms with van der Waals surface area (Å²) in [5.74, 6) is -0.589. The van der Waals surface area contributed by atoms with Crippen molar-refractivity contribution in [2.75, 3.05) is 0 Å². The summed E-state index contributed by atoms with van der Waals surface area (Å²) in [5.41, 5.74) is 5.01. The van der Waals surface area contributed by atoms with E-state index in [0.29, 0.717) is 17.1 Å². The Bertz CT molecular complexity index is 1010. The molecule has 2 rings (SSSR count). The zero-order valence-corrected chi connectivity index (χ0v) is 16.6. The molecule has 0 unspecified atom stereocenters. The summed E-state index contributed by atoms with van der Waals surface area (Å²) < 4.78 is 32.2. The zero-order valence-electron chi connectivity index (χ0n) is 15.8. The van der Waals surface area contributed by atoms with Gasteiger partial charge in [0.05, 0.1) is 16.5 Å². The highest BCUT2D eigenvalue weighted by molar-refractivity contribution is 7.89. The first-order valence-corrected chi connectivity index (χ1v) is 9.80. The number of carbonyl (C=O) groups is 3. The van der Waals surface area contributed by atoms with Gasteiger partial charge in [0, 0.05) is 5.56 Å². The Morgan fingerprint density at radius 3 is 2.14 bits per heavy atom. The molecule has 0 aliphatic heterocycles. The topological polar surface area (TPSA) is 135 Å². The van der Waals surface area contributed by atoms with Gasteiger partial charge in [-0.1, -0.05) is 12.1 Å². The zero-order chi connectivity index (χ0) is 21.1. The molecule has 0 bridgehead atoms. The van der Waals surface area contributed by atoms with Crippen LogP contribution in [-0.4, -0.2) is 32.1 Å². The van der Waals surface area contributed by atoms with Crippen LogP contribution in [0.15, 0.2) is 39.6 Å². The van der Waals surface area contributed by atoms with Gasteiger partial charge in [0.2, 0.25) is 10.0 Å². The second-order valence-electron chi connectivity index (χ2n) is 6.19. The highest BCUT2D eigenvalue weighted by atomic mass is 32.2. The Labute approximate surface area is 162 Å². The summed E-state index contributed by atoms with van der Waals surface area (Å²) in [6.45, 7) is 5.99. The predicted molar refractivity (Wildman–Crippen MR) is 100 cm³/mol. The molecule has 0 radical (unpaired) electrons. The van der Waals surface area contributed by atoms with E-state index in [-0.39, 0.29) is 16.2 Å². The van der Waals surface area contributed by atoms with Gasteiger partial charge in [-0.05, 0) is 45.9 Å². The first kappa shape index (κ1) is 21.3. The number of carbonyl (C=O) groups excluding carboxylic acids is 3. The Kier molecular flexibility index (Phi) is 6.37. The number of aryl methyl sites for hydroxylation is 2. The molecule has 0 aliphatic carbocycles. The van der Waals surface area contributed by atoms with Crippen LogP contribution < -0.4 is 15.6 Å². The summed E-state index contributed by atoms with van der Waals surface area (Å²) in [5, 5.41) is 0. The normalized spacial score (nSPS) is 12.3. The number of furan rings is 1. The molecule has 0 saturated carbocycles. The number of hydrogen-bond donors (Lipinski definition) is 3. The number of amides is 2. The first-order chi connectivity index (χ1) is 13.0. The van der Waals surface area contributed by atoms with E-state index in [2.05, 4.69) is 15.6 Å². The van der Waals surface area contributed by atoms with Crippen molar-refractivity contribution in [3.63, 3.8) is 0 Å². The third kappa shape index (κ3) is 5.05. The number of nitrogens with one attached hydrogen (secondary N) is 3. The van der Waals surface area contributed by atoms with E-state index in [1.165, 1.54) is 44.2 Å². The van der Waals surface area contributed by atoms with Crippen LogP contribution in [0, 0.1) is 13.8 Å². The van der Waals surface area contributed by atoms with E-state index in [1.807, 2.05) is 0 Å². The Morgan fingerprint density at radius 2 is 1.64 bits per heavy atom. The molecule has 3 N–H and O–H groups in total. The number of Topliss-reactive ketones (excluding diaryl/α,β-unsaturated/α-hetero) is 1. The molecule has 0 saturated heterocycles. The van der Waals surface area contributed by atoms with Crippen molar-refractivity contribution in [2.24, 2.45) is 0 Å². The van der Waals surface area contributed by atoms with Crippen LogP contribution >= 0.6 is 0 Å². The Balaban J connectivity index is 1.98. The van der Waals surface area contributed by atoms with Crippen molar-refractivity contribution in [3.8, 4) is 0 Å². The van der Waals surface area contributed by atoms with Gasteiger partial charge in [-0.2, -0.15) is 4.72 Å². The molecule has 10 heteroatoms. The molecule has 1 heterocycles. The van der Waals surface area contributed by atoms with Crippen LogP contribution in [0.25, 0.3) is 0 Å². The molecule has 0 aliphatic rings. The number of sulfonamides is 1. The standard InChI is InChI=1S/C18H21N3O6S/c1-10-9-16(13(4)27-10)18(24)20-19-17(23)11(2)21-28(25,26)15-7-5-14(6-8-15)12(3)22/h5-9,11,21H,1-4H3,(H,19,23)(H,20,24)/t11-/m0/s1. The highest BCUT2D eigenvalue weighted by Crippen LogP contribution is 2.13. The Morgan fingerprint density at radius 1 is 1.04 bits per heavy atom. The van der Waals surface area contributed by atoms with Gasteiger partial charge in [0.1, 0.15) is 11.5 Å². The number of ketones is 1. The molecule has 2 aromatic rings. The van der Waals surface area contributed by atoms with E-state index in [1.54, 1.807) is 13.8 Å². The third-order valence-corrected chi connectivity index (χ3v) is 5.44. The van der Waals surface area contributed by atoms with E-state index in [9.17, 15) is 22.8 Å². The van der Waals surface area contributed by atoms with Crippen LogP contribution in [0.4, 0.5) is 0 Å². The predicted octanol–water partition coefficient (Wildman–Crippen LogP) is 1.23. The van der Waals surface area contributed by atoms with Gasteiger partial charge in [-0.15, -0.1) is 0 Å². The number of rotatable bonds is 6. The molecular weight excluding hydrogens is 386 g/mol. The summed E-state index contributed by atoms with van der Waals surface area (Å²) in [4.78, 5) is 35.3. The molecule has 0 spiro atoms. The number of hydrazine groups is 1. The molecule has 1 aromatic heterocycles. The van der Waals surface area contributed by atoms with Crippen molar-refractivity contribution in [3.05, 3.63) is 53.0 Å².